The van der Waals surface area contributed by atoms with Gasteiger partial charge in [0.05, 0.1) is 5.71 Å². The van der Waals surface area contributed by atoms with Crippen LogP contribution >= 0.6 is 12.2 Å². The molecule has 0 saturated carbocycles. The largest absolute Gasteiger partial charge is 0.508 e. The lowest BCUT2D eigenvalue weighted by Crippen LogP contribution is -2.34. The van der Waals surface area contributed by atoms with Crippen LogP contribution in [0, 0.1) is 13.8 Å². The van der Waals surface area contributed by atoms with Crippen molar-refractivity contribution in [2.45, 2.75) is 39.2 Å². The molecule has 0 spiro atoms. The Kier molecular flexibility index (Phi) is 6.37. The summed E-state index contributed by atoms with van der Waals surface area (Å²) in [5.74, 6) is 0.953. The maximum Gasteiger partial charge on any atom is 0.191 e. The van der Waals surface area contributed by atoms with E-state index in [0.29, 0.717) is 17.3 Å². The maximum absolute atomic E-state index is 10.0. The Morgan fingerprint density at radius 3 is 2.69 bits per heavy atom. The van der Waals surface area contributed by atoms with E-state index in [1.165, 1.54) is 0 Å². The topological polar surface area (TPSA) is 78.8 Å². The van der Waals surface area contributed by atoms with Crippen molar-refractivity contribution < 1.29 is 9.84 Å². The van der Waals surface area contributed by atoms with Gasteiger partial charge in [0.1, 0.15) is 17.6 Å². The number of phenols is 1. The average molecular weight is 447 g/mol. The molecule has 6 nitrogen and oxygen atoms in total. The second kappa shape index (κ2) is 9.36. The fraction of sp³-hybridized carbons (Fsp3) is 0.240. The van der Waals surface area contributed by atoms with E-state index in [0.717, 1.165) is 33.7 Å². The van der Waals surface area contributed by atoms with Crippen LogP contribution in [-0.2, 0) is 0 Å². The van der Waals surface area contributed by atoms with Gasteiger partial charge >= 0.3 is 0 Å². The number of rotatable bonds is 4. The number of aromatic hydroxyl groups is 1. The fourth-order valence-electron chi connectivity index (χ4n) is 3.87. The number of aryl methyl sites for hydroxylation is 2. The second-order valence-electron chi connectivity index (χ2n) is 8.01. The molecule has 0 fully saturated rings. The Morgan fingerprint density at radius 2 is 1.97 bits per heavy atom. The smallest absolute Gasteiger partial charge is 0.191 e. The van der Waals surface area contributed by atoms with Crippen molar-refractivity contribution in [1.29, 1.82) is 0 Å². The number of fused-ring (bicyclic) bond motifs is 1. The molecule has 0 amide bonds. The van der Waals surface area contributed by atoms with E-state index < -0.39 is 0 Å². The molecule has 2 heterocycles. The minimum atomic E-state index is -0.128. The third-order valence-corrected chi connectivity index (χ3v) is 5.92. The molecule has 0 aliphatic carbocycles. The summed E-state index contributed by atoms with van der Waals surface area (Å²) in [6.45, 7) is 6.18. The standard InChI is InChI=1S/C25H26N4O2S/c1-15-6-4-7-16(2)24(15)27-25(32)29-28-21-13-23(17(3)18-8-5-11-26-14-18)31-22-10-9-19(30)12-20(21)22/h4-12,14,17,23,30H,13H2,1-3H3,(H2,27,29,32)/b28-21-/t17-,23-/m1/s1. The summed E-state index contributed by atoms with van der Waals surface area (Å²) in [5, 5.41) is 18.3. The molecule has 0 unspecified atom stereocenters. The number of ether oxygens (including phenoxy) is 1. The summed E-state index contributed by atoms with van der Waals surface area (Å²) < 4.78 is 6.27. The minimum Gasteiger partial charge on any atom is -0.508 e. The number of aromatic nitrogens is 1. The number of benzene rings is 2. The van der Waals surface area contributed by atoms with Crippen molar-refractivity contribution in [1.82, 2.24) is 10.4 Å². The highest BCUT2D eigenvalue weighted by Crippen LogP contribution is 2.35. The van der Waals surface area contributed by atoms with Crippen LogP contribution in [-0.4, -0.2) is 27.0 Å². The summed E-state index contributed by atoms with van der Waals surface area (Å²) in [5.41, 5.74) is 8.77. The van der Waals surface area contributed by atoms with Crippen molar-refractivity contribution in [3.05, 3.63) is 83.2 Å². The molecule has 0 bridgehead atoms. The van der Waals surface area contributed by atoms with Gasteiger partial charge in [0.2, 0.25) is 0 Å². The SMILES string of the molecule is Cc1cccc(C)c1NC(=S)N/N=C1/C[C@H]([C@H](C)c2cccnc2)Oc2ccc(O)cc21. The van der Waals surface area contributed by atoms with Crippen molar-refractivity contribution in [3.63, 3.8) is 0 Å². The van der Waals surface area contributed by atoms with E-state index in [-0.39, 0.29) is 17.8 Å². The number of thiocarbonyl (C=S) groups is 1. The van der Waals surface area contributed by atoms with Crippen molar-refractivity contribution in [3.8, 4) is 11.5 Å². The summed E-state index contributed by atoms with van der Waals surface area (Å²) >= 11 is 5.49. The molecule has 4 rings (SSSR count). The monoisotopic (exact) mass is 446 g/mol. The Bertz CT molecular complexity index is 1140. The van der Waals surface area contributed by atoms with Crippen LogP contribution in [0.3, 0.4) is 0 Å². The van der Waals surface area contributed by atoms with Gasteiger partial charge in [-0.05, 0) is 67.0 Å². The molecule has 1 aliphatic heterocycles. The zero-order valence-electron chi connectivity index (χ0n) is 18.3. The van der Waals surface area contributed by atoms with Gasteiger partial charge in [-0.2, -0.15) is 5.10 Å². The first-order chi connectivity index (χ1) is 15.4. The molecule has 3 aromatic rings. The number of nitrogens with zero attached hydrogens (tertiary/aromatic N) is 2. The van der Waals surface area contributed by atoms with Gasteiger partial charge < -0.3 is 15.2 Å². The number of hydrogen-bond acceptors (Lipinski definition) is 5. The van der Waals surface area contributed by atoms with Crippen LogP contribution in [0.15, 0.2) is 66.0 Å². The van der Waals surface area contributed by atoms with Crippen LogP contribution in [0.25, 0.3) is 0 Å². The average Bonchev–Trinajstić information content (AvgIpc) is 2.80. The van der Waals surface area contributed by atoms with Gasteiger partial charge in [0.25, 0.3) is 0 Å². The van der Waals surface area contributed by atoms with Gasteiger partial charge in [-0.25, -0.2) is 0 Å². The molecule has 2 atom stereocenters. The van der Waals surface area contributed by atoms with Crippen molar-refractivity contribution in [2.24, 2.45) is 5.10 Å². The minimum absolute atomic E-state index is 0.107. The number of phenolic OH excluding ortho intramolecular Hbond substituents is 1. The summed E-state index contributed by atoms with van der Waals surface area (Å²) in [4.78, 5) is 4.23. The molecule has 1 aromatic heterocycles. The predicted octanol–water partition coefficient (Wildman–Crippen LogP) is 5.05. The van der Waals surface area contributed by atoms with Crippen LogP contribution in [0.5, 0.6) is 11.5 Å². The van der Waals surface area contributed by atoms with Crippen molar-refractivity contribution in [2.75, 3.05) is 5.32 Å². The molecule has 2 aromatic carbocycles. The predicted molar refractivity (Wildman–Crippen MR) is 132 cm³/mol. The fourth-order valence-corrected chi connectivity index (χ4v) is 4.02. The summed E-state index contributed by atoms with van der Waals surface area (Å²) in [6.07, 6.45) is 4.05. The first kappa shape index (κ1) is 21.8. The third-order valence-electron chi connectivity index (χ3n) is 5.73. The lowest BCUT2D eigenvalue weighted by Gasteiger charge is -2.31. The Hall–Kier alpha value is -3.45. The molecule has 32 heavy (non-hydrogen) atoms. The van der Waals surface area contributed by atoms with E-state index in [2.05, 4.69) is 27.8 Å². The van der Waals surface area contributed by atoms with Gasteiger partial charge in [-0.15, -0.1) is 0 Å². The van der Waals surface area contributed by atoms with Gasteiger partial charge in [-0.3, -0.25) is 10.4 Å². The van der Waals surface area contributed by atoms with Crippen LogP contribution in [0.1, 0.15) is 41.5 Å². The van der Waals surface area contributed by atoms with Gasteiger partial charge in [0, 0.05) is 36.0 Å². The van der Waals surface area contributed by atoms with Crippen LogP contribution in [0.4, 0.5) is 5.69 Å². The third kappa shape index (κ3) is 4.73. The Morgan fingerprint density at radius 1 is 1.19 bits per heavy atom. The number of nitrogens with one attached hydrogen (secondary N) is 2. The molecule has 164 valence electrons. The quantitative estimate of drug-likeness (QED) is 0.385. The molecular weight excluding hydrogens is 420 g/mol. The highest BCUT2D eigenvalue weighted by molar-refractivity contribution is 7.80. The summed E-state index contributed by atoms with van der Waals surface area (Å²) in [6, 6.07) is 15.1. The van der Waals surface area contributed by atoms with E-state index in [4.69, 9.17) is 17.0 Å². The van der Waals surface area contributed by atoms with E-state index in [1.54, 1.807) is 24.4 Å². The van der Waals surface area contributed by atoms with Gasteiger partial charge in [0.15, 0.2) is 5.11 Å². The normalized spacial score (nSPS) is 17.2. The highest BCUT2D eigenvalue weighted by Gasteiger charge is 2.30. The van der Waals surface area contributed by atoms with Crippen LogP contribution < -0.4 is 15.5 Å². The highest BCUT2D eigenvalue weighted by atomic mass is 32.1. The second-order valence-corrected chi connectivity index (χ2v) is 8.42. The van der Waals surface area contributed by atoms with E-state index in [9.17, 15) is 5.11 Å². The Labute approximate surface area is 193 Å². The zero-order chi connectivity index (χ0) is 22.7. The lowest BCUT2D eigenvalue weighted by atomic mass is 9.89. The maximum atomic E-state index is 10.0. The molecule has 7 heteroatoms. The molecule has 1 aliphatic rings. The van der Waals surface area contributed by atoms with E-state index >= 15 is 0 Å². The molecular formula is C25H26N4O2S. The first-order valence-corrected chi connectivity index (χ1v) is 10.9. The summed E-state index contributed by atoms with van der Waals surface area (Å²) in [7, 11) is 0. The van der Waals surface area contributed by atoms with Gasteiger partial charge in [-0.1, -0.05) is 31.2 Å². The number of hydrogen-bond donors (Lipinski definition) is 3. The number of pyridine rings is 1. The molecule has 0 radical (unpaired) electrons. The lowest BCUT2D eigenvalue weighted by molar-refractivity contribution is 0.176. The zero-order valence-corrected chi connectivity index (χ0v) is 19.1. The van der Waals surface area contributed by atoms with Crippen molar-refractivity contribution >= 4 is 28.7 Å². The number of para-hydroxylation sites is 1. The van der Waals surface area contributed by atoms with E-state index in [1.807, 2.05) is 50.4 Å². The van der Waals surface area contributed by atoms with Crippen LogP contribution in [0.2, 0.25) is 0 Å². The number of anilines is 1. The Balaban J connectivity index is 1.57. The molecule has 3 N–H and O–H groups in total. The number of hydrazone groups is 1. The first-order valence-electron chi connectivity index (χ1n) is 10.5. The molecule has 0 saturated heterocycles.